The number of ether oxygens (including phenoxy) is 2. The zero-order valence-corrected chi connectivity index (χ0v) is 13.3. The maximum atomic E-state index is 11.6. The first-order valence-corrected chi connectivity index (χ1v) is 7.59. The third-order valence-electron chi connectivity index (χ3n) is 4.45. The summed E-state index contributed by atoms with van der Waals surface area (Å²) in [5, 5.41) is 38.7. The van der Waals surface area contributed by atoms with Gasteiger partial charge in [0.25, 0.3) is 0 Å². The minimum absolute atomic E-state index is 0.122. The summed E-state index contributed by atoms with van der Waals surface area (Å²) in [4.78, 5) is 34.5. The molecule has 0 radical (unpaired) electrons. The Morgan fingerprint density at radius 2 is 2.04 bits per heavy atom. The Morgan fingerprint density at radius 1 is 1.30 bits per heavy atom. The number of nitrogens with zero attached hydrogens (tertiary/aromatic N) is 4. The van der Waals surface area contributed by atoms with E-state index < -0.39 is 42.1 Å². The summed E-state index contributed by atoms with van der Waals surface area (Å²) in [5.74, 6) is -3.54. The molecule has 1 saturated heterocycles. The lowest BCUT2D eigenvalue weighted by Gasteiger charge is -2.28. The van der Waals surface area contributed by atoms with Gasteiger partial charge >= 0.3 is 11.9 Å². The number of carboxylic acid groups (broad SMARTS) is 2. The summed E-state index contributed by atoms with van der Waals surface area (Å²) in [7, 11) is 0. The van der Waals surface area contributed by atoms with Crippen molar-refractivity contribution in [2.45, 2.75) is 30.1 Å². The van der Waals surface area contributed by atoms with Crippen LogP contribution in [0.2, 0.25) is 0 Å². The second-order valence-corrected chi connectivity index (χ2v) is 6.01. The minimum atomic E-state index is -2.58. The Morgan fingerprint density at radius 3 is 2.67 bits per heavy atom. The fourth-order valence-electron chi connectivity index (χ4n) is 3.13. The van der Waals surface area contributed by atoms with Crippen LogP contribution in [-0.4, -0.2) is 75.8 Å². The highest BCUT2D eigenvalue weighted by atomic mass is 16.6. The predicted molar refractivity (Wildman–Crippen MR) is 82.8 cm³/mol. The van der Waals surface area contributed by atoms with Crippen LogP contribution in [0.3, 0.4) is 0 Å². The molecule has 142 valence electrons. The molecule has 4 heterocycles. The first-order valence-electron chi connectivity index (χ1n) is 7.59. The molecule has 27 heavy (non-hydrogen) atoms. The number of nitrogens with two attached hydrogens (primary N) is 1. The number of aliphatic carboxylic acids is 2. The van der Waals surface area contributed by atoms with Crippen LogP contribution in [-0.2, 0) is 19.1 Å². The second kappa shape index (κ2) is 5.60. The molecule has 1 fully saturated rings. The van der Waals surface area contributed by atoms with E-state index in [1.165, 1.54) is 17.2 Å². The lowest BCUT2D eigenvalue weighted by atomic mass is 9.97. The Balaban J connectivity index is 1.72. The highest BCUT2D eigenvalue weighted by Crippen LogP contribution is 2.44. The monoisotopic (exact) mass is 379 g/mol. The maximum absolute atomic E-state index is 11.6. The van der Waals surface area contributed by atoms with Crippen molar-refractivity contribution in [2.75, 3.05) is 5.73 Å². The fourth-order valence-corrected chi connectivity index (χ4v) is 3.13. The van der Waals surface area contributed by atoms with Gasteiger partial charge in [0, 0.05) is 6.08 Å². The van der Waals surface area contributed by atoms with Crippen LogP contribution in [0.5, 0.6) is 0 Å². The minimum Gasteiger partial charge on any atom is -0.479 e. The number of nitrogen functional groups attached to an aromatic ring is 1. The summed E-state index contributed by atoms with van der Waals surface area (Å²) >= 11 is 0. The highest BCUT2D eigenvalue weighted by molar-refractivity contribution is 5.90. The zero-order chi connectivity index (χ0) is 19.5. The molecule has 2 aliphatic rings. The molecule has 2 aromatic rings. The Labute approximate surface area is 149 Å². The van der Waals surface area contributed by atoms with Crippen LogP contribution in [0.25, 0.3) is 11.2 Å². The van der Waals surface area contributed by atoms with Crippen LogP contribution in [0.15, 0.2) is 24.5 Å². The number of aromatic nitrogens is 4. The van der Waals surface area contributed by atoms with Crippen LogP contribution < -0.4 is 5.73 Å². The van der Waals surface area contributed by atoms with E-state index in [2.05, 4.69) is 15.0 Å². The molecular formula is C14H13N5O8. The lowest BCUT2D eigenvalue weighted by molar-refractivity contribution is -0.190. The molecule has 2 aliphatic heterocycles. The molecule has 0 aliphatic carbocycles. The molecule has 2 aromatic heterocycles. The van der Waals surface area contributed by atoms with E-state index in [4.69, 9.17) is 20.3 Å². The standard InChI is InChI=1S/C14H13N5O8/c15-9-5-10(17-2-16-9)19(3-18-5)11-6(20)7-4(26-11)1-14(27-7,13(24)25)8(21)12(22)23/h1-3,6-8,11,20-21H,(H,22,23)(H,24,25)(H2,15,16,17)/t6-,7-,8+,11-,14+/m1/s1. The smallest absolute Gasteiger partial charge is 0.343 e. The van der Waals surface area contributed by atoms with Gasteiger partial charge in [-0.05, 0) is 0 Å². The third kappa shape index (κ3) is 2.26. The Hall–Kier alpha value is -3.29. The largest absolute Gasteiger partial charge is 0.479 e. The maximum Gasteiger partial charge on any atom is 0.343 e. The van der Waals surface area contributed by atoms with Gasteiger partial charge in [-0.1, -0.05) is 0 Å². The average Bonchev–Trinajstić information content (AvgIpc) is 3.28. The molecule has 0 aromatic carbocycles. The number of carboxylic acids is 2. The van der Waals surface area contributed by atoms with Gasteiger partial charge in [0.15, 0.2) is 17.6 Å². The van der Waals surface area contributed by atoms with Gasteiger partial charge in [0.1, 0.15) is 36.1 Å². The predicted octanol–water partition coefficient (Wildman–Crippen LogP) is -2.15. The van der Waals surface area contributed by atoms with E-state index in [9.17, 15) is 24.9 Å². The summed E-state index contributed by atoms with van der Waals surface area (Å²) < 4.78 is 12.2. The molecule has 6 N–H and O–H groups in total. The number of fused-ring (bicyclic) bond motifs is 2. The van der Waals surface area contributed by atoms with Gasteiger partial charge in [-0.15, -0.1) is 0 Å². The van der Waals surface area contributed by atoms with Crippen molar-refractivity contribution in [3.8, 4) is 0 Å². The lowest BCUT2D eigenvalue weighted by Crippen LogP contribution is -2.54. The van der Waals surface area contributed by atoms with Crippen molar-refractivity contribution < 1.29 is 39.5 Å². The van der Waals surface area contributed by atoms with Crippen LogP contribution >= 0.6 is 0 Å². The van der Waals surface area contributed by atoms with Crippen LogP contribution in [0, 0.1) is 0 Å². The molecule has 13 nitrogen and oxygen atoms in total. The normalized spacial score (nSPS) is 30.6. The second-order valence-electron chi connectivity index (χ2n) is 6.01. The summed E-state index contributed by atoms with van der Waals surface area (Å²) in [6.07, 6.45) is -2.89. The number of imidazole rings is 1. The van der Waals surface area contributed by atoms with Gasteiger partial charge in [0.2, 0.25) is 11.8 Å². The van der Waals surface area contributed by atoms with Crippen molar-refractivity contribution in [1.29, 1.82) is 0 Å². The van der Waals surface area contributed by atoms with E-state index in [1.54, 1.807) is 0 Å². The van der Waals surface area contributed by atoms with Crippen molar-refractivity contribution in [3.63, 3.8) is 0 Å². The van der Waals surface area contributed by atoms with E-state index in [0.29, 0.717) is 0 Å². The van der Waals surface area contributed by atoms with Gasteiger partial charge in [-0.3, -0.25) is 4.57 Å². The van der Waals surface area contributed by atoms with Crippen LogP contribution in [0.4, 0.5) is 5.82 Å². The molecular weight excluding hydrogens is 366 g/mol. The summed E-state index contributed by atoms with van der Waals surface area (Å²) in [6.45, 7) is 0. The van der Waals surface area contributed by atoms with Crippen molar-refractivity contribution in [3.05, 3.63) is 24.5 Å². The van der Waals surface area contributed by atoms with E-state index in [1.807, 2.05) is 0 Å². The average molecular weight is 379 g/mol. The van der Waals surface area contributed by atoms with Gasteiger partial charge in [-0.25, -0.2) is 24.5 Å². The fraction of sp³-hybridized carbons (Fsp3) is 0.357. The molecule has 4 rings (SSSR count). The SMILES string of the molecule is Nc1ncnc2c1ncn2[C@@H]1OC2=C[C@@](C(=O)O)([C@@H](O)C(=O)O)O[C@H]2[C@H]1O. The topological polar surface area (TPSA) is 203 Å². The van der Waals surface area contributed by atoms with E-state index in [0.717, 1.165) is 6.08 Å². The quantitative estimate of drug-likeness (QED) is 0.386. The van der Waals surface area contributed by atoms with Gasteiger partial charge < -0.3 is 35.6 Å². The van der Waals surface area contributed by atoms with Crippen molar-refractivity contribution in [1.82, 2.24) is 19.5 Å². The number of anilines is 1. The van der Waals surface area contributed by atoms with Gasteiger partial charge in [-0.2, -0.15) is 0 Å². The number of aliphatic hydroxyl groups is 2. The number of carbonyl (C=O) groups is 2. The van der Waals surface area contributed by atoms with Crippen molar-refractivity contribution in [2.24, 2.45) is 0 Å². The zero-order valence-electron chi connectivity index (χ0n) is 13.3. The summed E-state index contributed by atoms with van der Waals surface area (Å²) in [6, 6.07) is 0. The van der Waals surface area contributed by atoms with Crippen LogP contribution in [0.1, 0.15) is 6.23 Å². The molecule has 5 atom stereocenters. The Kier molecular flexibility index (Phi) is 3.56. The highest BCUT2D eigenvalue weighted by Gasteiger charge is 2.60. The molecule has 13 heteroatoms. The van der Waals surface area contributed by atoms with E-state index in [-0.39, 0.29) is 22.7 Å². The number of hydrogen-bond acceptors (Lipinski definition) is 10. The Bertz CT molecular complexity index is 989. The number of rotatable bonds is 4. The molecule has 0 unspecified atom stereocenters. The van der Waals surface area contributed by atoms with Gasteiger partial charge in [0.05, 0.1) is 0 Å². The van der Waals surface area contributed by atoms with E-state index >= 15 is 0 Å². The number of aliphatic hydroxyl groups excluding tert-OH is 2. The molecule has 0 amide bonds. The third-order valence-corrected chi connectivity index (χ3v) is 4.45. The first-order chi connectivity index (χ1) is 12.8. The number of hydrogen-bond donors (Lipinski definition) is 5. The molecule has 0 saturated carbocycles. The molecule has 0 bridgehead atoms. The summed E-state index contributed by atoms with van der Waals surface area (Å²) in [5.41, 5.74) is 3.67. The first kappa shape index (κ1) is 17.1. The molecule has 0 spiro atoms. The van der Waals surface area contributed by atoms with Crippen molar-refractivity contribution >= 4 is 28.9 Å².